The third-order valence-corrected chi connectivity index (χ3v) is 4.01. The molecule has 1 N–H and O–H groups in total. The van der Waals surface area contributed by atoms with E-state index in [0.29, 0.717) is 24.6 Å². The number of hydrogen-bond acceptors (Lipinski definition) is 4. The van der Waals surface area contributed by atoms with E-state index in [1.54, 1.807) is 0 Å². The third-order valence-electron chi connectivity index (χ3n) is 3.48. The first-order valence-electron chi connectivity index (χ1n) is 7.22. The van der Waals surface area contributed by atoms with Crippen molar-refractivity contribution in [2.45, 2.75) is 26.8 Å². The quantitative estimate of drug-likeness (QED) is 0.761. The summed E-state index contributed by atoms with van der Waals surface area (Å²) in [5.41, 5.74) is 2.85. The van der Waals surface area contributed by atoms with Gasteiger partial charge in [0.05, 0.1) is 13.0 Å². The van der Waals surface area contributed by atoms with Crippen LogP contribution in [0.3, 0.4) is 0 Å². The van der Waals surface area contributed by atoms with E-state index in [1.165, 1.54) is 0 Å². The Balaban J connectivity index is 1.68. The Morgan fingerprint density at radius 2 is 1.96 bits per heavy atom. The van der Waals surface area contributed by atoms with Gasteiger partial charge in [0.2, 0.25) is 5.91 Å². The summed E-state index contributed by atoms with van der Waals surface area (Å²) in [7, 11) is 0. The summed E-state index contributed by atoms with van der Waals surface area (Å²) >= 11 is 3.38. The zero-order valence-electron chi connectivity index (χ0n) is 12.9. The number of halogens is 1. The summed E-state index contributed by atoms with van der Waals surface area (Å²) < 4.78 is 2.85. The second-order valence-electron chi connectivity index (χ2n) is 5.37. The fraction of sp³-hybridized carbons (Fsp3) is 0.250. The van der Waals surface area contributed by atoms with Crippen LogP contribution in [-0.4, -0.2) is 25.5 Å². The van der Waals surface area contributed by atoms with Crippen LogP contribution in [0.15, 0.2) is 34.8 Å². The Morgan fingerprint density at radius 1 is 1.22 bits per heavy atom. The van der Waals surface area contributed by atoms with Crippen LogP contribution in [0, 0.1) is 13.8 Å². The lowest BCUT2D eigenvalue weighted by atomic mass is 10.1. The van der Waals surface area contributed by atoms with E-state index in [4.69, 9.17) is 0 Å². The molecule has 0 aliphatic carbocycles. The van der Waals surface area contributed by atoms with E-state index < -0.39 is 0 Å². The Labute approximate surface area is 142 Å². The van der Waals surface area contributed by atoms with Crippen molar-refractivity contribution in [3.8, 4) is 0 Å². The van der Waals surface area contributed by atoms with Gasteiger partial charge < -0.3 is 5.32 Å². The molecule has 1 aromatic carbocycles. The zero-order chi connectivity index (χ0) is 16.4. The smallest absolute Gasteiger partial charge is 0.255 e. The molecule has 2 aromatic heterocycles. The molecule has 0 unspecified atom stereocenters. The van der Waals surface area contributed by atoms with E-state index in [-0.39, 0.29) is 5.91 Å². The Bertz CT molecular complexity index is 857. The highest BCUT2D eigenvalue weighted by Crippen LogP contribution is 2.11. The summed E-state index contributed by atoms with van der Waals surface area (Å²) in [6.45, 7) is 4.21. The van der Waals surface area contributed by atoms with Crippen LogP contribution >= 0.6 is 15.9 Å². The van der Waals surface area contributed by atoms with Gasteiger partial charge >= 0.3 is 0 Å². The fourth-order valence-corrected chi connectivity index (χ4v) is 2.70. The lowest BCUT2D eigenvalue weighted by Crippen LogP contribution is -2.25. The SMILES string of the molecule is Cc1cc(C)n2c(CNC(=O)Cc3ccc(Br)cc3)nnc2n1. The number of aromatic nitrogens is 4. The molecule has 0 fully saturated rings. The number of hydrogen-bond donors (Lipinski definition) is 1. The van der Waals surface area contributed by atoms with E-state index >= 15 is 0 Å². The van der Waals surface area contributed by atoms with Gasteiger partial charge in [-0.2, -0.15) is 0 Å². The number of nitrogens with one attached hydrogen (secondary N) is 1. The maximum Gasteiger partial charge on any atom is 0.255 e. The summed E-state index contributed by atoms with van der Waals surface area (Å²) in [5, 5.41) is 11.1. The van der Waals surface area contributed by atoms with Gasteiger partial charge in [0.1, 0.15) is 0 Å². The molecule has 0 radical (unpaired) electrons. The Kier molecular flexibility index (Phi) is 4.38. The molecule has 6 nitrogen and oxygen atoms in total. The molecular formula is C16H16BrN5O. The second-order valence-corrected chi connectivity index (χ2v) is 6.29. The van der Waals surface area contributed by atoms with Crippen LogP contribution in [0.1, 0.15) is 22.8 Å². The lowest BCUT2D eigenvalue weighted by molar-refractivity contribution is -0.120. The topological polar surface area (TPSA) is 72.2 Å². The van der Waals surface area contributed by atoms with Crippen LogP contribution < -0.4 is 5.32 Å². The van der Waals surface area contributed by atoms with Gasteiger partial charge in [-0.25, -0.2) is 4.98 Å². The van der Waals surface area contributed by atoms with E-state index in [2.05, 4.69) is 36.4 Å². The maximum atomic E-state index is 12.1. The molecule has 0 bridgehead atoms. The first kappa shape index (κ1) is 15.6. The molecule has 0 aliphatic rings. The number of aryl methyl sites for hydroxylation is 2. The highest BCUT2D eigenvalue weighted by Gasteiger charge is 2.11. The van der Waals surface area contributed by atoms with Crippen molar-refractivity contribution in [2.24, 2.45) is 0 Å². The average Bonchev–Trinajstić information content (AvgIpc) is 2.91. The van der Waals surface area contributed by atoms with Crippen LogP contribution in [-0.2, 0) is 17.8 Å². The van der Waals surface area contributed by atoms with Crippen molar-refractivity contribution in [1.82, 2.24) is 24.9 Å². The molecule has 0 aliphatic heterocycles. The van der Waals surface area contributed by atoms with Gasteiger partial charge in [0.25, 0.3) is 5.78 Å². The van der Waals surface area contributed by atoms with Gasteiger partial charge in [0, 0.05) is 15.9 Å². The predicted molar refractivity (Wildman–Crippen MR) is 89.9 cm³/mol. The fourth-order valence-electron chi connectivity index (χ4n) is 2.44. The first-order chi connectivity index (χ1) is 11.0. The molecule has 1 amide bonds. The van der Waals surface area contributed by atoms with Crippen LogP contribution in [0.25, 0.3) is 5.78 Å². The third kappa shape index (κ3) is 3.56. The molecule has 23 heavy (non-hydrogen) atoms. The largest absolute Gasteiger partial charge is 0.348 e. The minimum absolute atomic E-state index is 0.0539. The monoisotopic (exact) mass is 373 g/mol. The molecule has 0 atom stereocenters. The van der Waals surface area contributed by atoms with Crippen molar-refractivity contribution in [1.29, 1.82) is 0 Å². The number of rotatable bonds is 4. The molecule has 3 aromatic rings. The Hall–Kier alpha value is -2.28. The molecule has 0 saturated heterocycles. The van der Waals surface area contributed by atoms with Crippen molar-refractivity contribution in [3.63, 3.8) is 0 Å². The van der Waals surface area contributed by atoms with E-state index in [1.807, 2.05) is 48.6 Å². The molecule has 3 rings (SSSR count). The number of carbonyl (C=O) groups is 1. The summed E-state index contributed by atoms with van der Waals surface area (Å²) in [6, 6.07) is 9.65. The number of nitrogens with zero attached hydrogens (tertiary/aromatic N) is 4. The van der Waals surface area contributed by atoms with Gasteiger partial charge in [-0.1, -0.05) is 28.1 Å². The molecule has 0 saturated carbocycles. The summed E-state index contributed by atoms with van der Waals surface area (Å²) in [4.78, 5) is 16.4. The number of amides is 1. The number of carbonyl (C=O) groups excluding carboxylic acids is 1. The van der Waals surface area contributed by atoms with Crippen molar-refractivity contribution < 1.29 is 4.79 Å². The standard InChI is InChI=1S/C16H16BrN5O/c1-10-7-11(2)22-14(20-21-16(22)19-10)9-18-15(23)8-12-3-5-13(17)6-4-12/h3-7H,8-9H2,1-2H3,(H,18,23). The Morgan fingerprint density at radius 3 is 2.70 bits per heavy atom. The van der Waals surface area contributed by atoms with Gasteiger partial charge in [-0.15, -0.1) is 10.2 Å². The van der Waals surface area contributed by atoms with Crippen LogP contribution in [0.4, 0.5) is 0 Å². The molecule has 7 heteroatoms. The second kappa shape index (κ2) is 6.45. The van der Waals surface area contributed by atoms with Gasteiger partial charge in [0.15, 0.2) is 5.82 Å². The van der Waals surface area contributed by atoms with Gasteiger partial charge in [-0.05, 0) is 37.6 Å². The highest BCUT2D eigenvalue weighted by atomic mass is 79.9. The molecule has 2 heterocycles. The van der Waals surface area contributed by atoms with Crippen molar-refractivity contribution in [2.75, 3.05) is 0 Å². The molecule has 0 spiro atoms. The number of benzene rings is 1. The average molecular weight is 374 g/mol. The maximum absolute atomic E-state index is 12.1. The van der Waals surface area contributed by atoms with E-state index in [0.717, 1.165) is 21.4 Å². The molecule has 118 valence electrons. The predicted octanol–water partition coefficient (Wildman–Crippen LogP) is 2.36. The minimum Gasteiger partial charge on any atom is -0.348 e. The lowest BCUT2D eigenvalue weighted by Gasteiger charge is -2.06. The van der Waals surface area contributed by atoms with Crippen LogP contribution in [0.2, 0.25) is 0 Å². The van der Waals surface area contributed by atoms with Crippen LogP contribution in [0.5, 0.6) is 0 Å². The summed E-state index contributed by atoms with van der Waals surface area (Å²) in [5.74, 6) is 1.18. The zero-order valence-corrected chi connectivity index (χ0v) is 14.5. The first-order valence-corrected chi connectivity index (χ1v) is 8.01. The normalized spacial score (nSPS) is 10.9. The number of fused-ring (bicyclic) bond motifs is 1. The highest BCUT2D eigenvalue weighted by molar-refractivity contribution is 9.10. The van der Waals surface area contributed by atoms with Crippen molar-refractivity contribution in [3.05, 3.63) is 57.6 Å². The van der Waals surface area contributed by atoms with Gasteiger partial charge in [-0.3, -0.25) is 9.20 Å². The molecular weight excluding hydrogens is 358 g/mol. The van der Waals surface area contributed by atoms with Crippen molar-refractivity contribution >= 4 is 27.6 Å². The summed E-state index contributed by atoms with van der Waals surface area (Å²) in [6.07, 6.45) is 0.334. The van der Waals surface area contributed by atoms with E-state index in [9.17, 15) is 4.79 Å². The minimum atomic E-state index is -0.0539.